The Kier molecular flexibility index (Phi) is 4.89. The van der Waals surface area contributed by atoms with Crippen LogP contribution in [0.15, 0.2) is 53.3 Å². The van der Waals surface area contributed by atoms with E-state index in [2.05, 4.69) is 10.4 Å². The second-order valence-corrected chi connectivity index (χ2v) is 5.80. The van der Waals surface area contributed by atoms with Gasteiger partial charge in [-0.3, -0.25) is 9.59 Å². The molecule has 1 atom stereocenters. The lowest BCUT2D eigenvalue weighted by Gasteiger charge is -2.17. The molecule has 0 saturated heterocycles. The molecule has 0 unspecified atom stereocenters. The lowest BCUT2D eigenvalue weighted by molar-refractivity contribution is -0.255. The quantitative estimate of drug-likeness (QED) is 0.720. The van der Waals surface area contributed by atoms with Gasteiger partial charge in [-0.15, -0.1) is 0 Å². The molecule has 0 radical (unpaired) electrons. The molecule has 2 aromatic carbocycles. The molecule has 8 heteroatoms. The van der Waals surface area contributed by atoms with Gasteiger partial charge in [0.25, 0.3) is 5.56 Å². The number of hydrogen-bond acceptors (Lipinski definition) is 6. The Bertz CT molecular complexity index is 1090. The first-order chi connectivity index (χ1) is 12.9. The van der Waals surface area contributed by atoms with E-state index in [-0.39, 0.29) is 10.8 Å². The van der Waals surface area contributed by atoms with Crippen LogP contribution in [0.25, 0.3) is 10.8 Å². The molecule has 0 bridgehead atoms. The van der Waals surface area contributed by atoms with Gasteiger partial charge in [0, 0.05) is 5.39 Å². The van der Waals surface area contributed by atoms with Gasteiger partial charge in [-0.05, 0) is 25.1 Å². The molecule has 1 N–H and O–H groups in total. The minimum absolute atomic E-state index is 0.142. The molecule has 0 aliphatic carbocycles. The van der Waals surface area contributed by atoms with Crippen LogP contribution in [0.4, 0.5) is 5.69 Å². The molecule has 3 aromatic rings. The summed E-state index contributed by atoms with van der Waals surface area (Å²) in [7, 11) is 1.47. The summed E-state index contributed by atoms with van der Waals surface area (Å²) in [5, 5.41) is 18.3. The minimum atomic E-state index is -1.53. The van der Waals surface area contributed by atoms with Crippen LogP contribution in [0, 0.1) is 0 Å². The number of fused-ring (bicyclic) bond motifs is 1. The van der Waals surface area contributed by atoms with Crippen molar-refractivity contribution in [3.05, 3.63) is 64.6 Å². The van der Waals surface area contributed by atoms with Crippen molar-refractivity contribution in [1.29, 1.82) is 0 Å². The fraction of sp³-hybridized carbons (Fsp3) is 0.158. The number of ether oxygens (including phenoxy) is 1. The number of carboxylic acids is 1. The van der Waals surface area contributed by atoms with Crippen molar-refractivity contribution in [2.24, 2.45) is 0 Å². The third-order valence-electron chi connectivity index (χ3n) is 4.13. The number of nitrogens with zero attached hydrogens (tertiary/aromatic N) is 2. The fourth-order valence-electron chi connectivity index (χ4n) is 2.72. The summed E-state index contributed by atoms with van der Waals surface area (Å²) < 4.78 is 6.02. The van der Waals surface area contributed by atoms with Crippen LogP contribution in [-0.4, -0.2) is 28.8 Å². The van der Waals surface area contributed by atoms with Gasteiger partial charge >= 0.3 is 0 Å². The van der Waals surface area contributed by atoms with Crippen molar-refractivity contribution >= 4 is 28.3 Å². The zero-order valence-electron chi connectivity index (χ0n) is 14.6. The third kappa shape index (κ3) is 3.37. The van der Waals surface area contributed by atoms with Gasteiger partial charge in [-0.1, -0.05) is 30.3 Å². The number of aromatic nitrogens is 2. The summed E-state index contributed by atoms with van der Waals surface area (Å²) in [6.07, 6.45) is 0. The smallest absolute Gasteiger partial charge is 0.275 e. The largest absolute Gasteiger partial charge is 0.543 e. The number of benzene rings is 2. The molecule has 27 heavy (non-hydrogen) atoms. The highest BCUT2D eigenvalue weighted by molar-refractivity contribution is 6.00. The predicted molar refractivity (Wildman–Crippen MR) is 96.7 cm³/mol. The summed E-state index contributed by atoms with van der Waals surface area (Å²) in [6.45, 7) is 1.45. The maximum atomic E-state index is 12.7. The molecule has 0 spiro atoms. The second kappa shape index (κ2) is 7.28. The molecule has 0 fully saturated rings. The first-order valence-electron chi connectivity index (χ1n) is 8.11. The maximum absolute atomic E-state index is 12.7. The van der Waals surface area contributed by atoms with E-state index in [0.29, 0.717) is 11.4 Å². The average molecular weight is 366 g/mol. The second-order valence-electron chi connectivity index (χ2n) is 5.80. The van der Waals surface area contributed by atoms with Crippen LogP contribution in [0.1, 0.15) is 23.5 Å². The average Bonchev–Trinajstić information content (AvgIpc) is 2.68. The van der Waals surface area contributed by atoms with Crippen molar-refractivity contribution in [2.45, 2.75) is 13.0 Å². The molecule has 0 aliphatic rings. The Hall–Kier alpha value is -3.68. The number of carbonyl (C=O) groups excluding carboxylic acids is 2. The number of hydrogen-bond donors (Lipinski definition) is 1. The third-order valence-corrected chi connectivity index (χ3v) is 4.13. The lowest BCUT2D eigenvalue weighted by atomic mass is 10.1. The topological polar surface area (TPSA) is 113 Å². The van der Waals surface area contributed by atoms with E-state index in [0.717, 1.165) is 4.68 Å². The van der Waals surface area contributed by atoms with Gasteiger partial charge < -0.3 is 20.0 Å². The number of anilines is 1. The van der Waals surface area contributed by atoms with Gasteiger partial charge in [-0.2, -0.15) is 5.10 Å². The van der Waals surface area contributed by atoms with Crippen molar-refractivity contribution in [3.8, 4) is 5.75 Å². The van der Waals surface area contributed by atoms with E-state index in [1.165, 1.54) is 26.2 Å². The highest BCUT2D eigenvalue weighted by Gasteiger charge is 2.21. The first kappa shape index (κ1) is 18.1. The summed E-state index contributed by atoms with van der Waals surface area (Å²) in [5.74, 6) is -1.63. The molecular formula is C19H16N3O5-. The molecule has 3 rings (SSSR count). The summed E-state index contributed by atoms with van der Waals surface area (Å²) in [4.78, 5) is 36.8. The van der Waals surface area contributed by atoms with E-state index in [4.69, 9.17) is 4.74 Å². The molecule has 8 nitrogen and oxygen atoms in total. The number of carbonyl (C=O) groups is 2. The zero-order valence-corrected chi connectivity index (χ0v) is 14.6. The van der Waals surface area contributed by atoms with Crippen molar-refractivity contribution in [2.75, 3.05) is 12.4 Å². The highest BCUT2D eigenvalue weighted by Crippen LogP contribution is 2.24. The van der Waals surface area contributed by atoms with Crippen LogP contribution in [0.2, 0.25) is 0 Å². The summed E-state index contributed by atoms with van der Waals surface area (Å²) >= 11 is 0. The van der Waals surface area contributed by atoms with E-state index >= 15 is 0 Å². The Morgan fingerprint density at radius 1 is 1.11 bits per heavy atom. The van der Waals surface area contributed by atoms with Crippen LogP contribution in [-0.2, 0) is 4.79 Å². The Morgan fingerprint density at radius 2 is 1.74 bits per heavy atom. The lowest BCUT2D eigenvalue weighted by Crippen LogP contribution is -2.36. The first-order valence-corrected chi connectivity index (χ1v) is 8.11. The van der Waals surface area contributed by atoms with Crippen LogP contribution < -0.4 is 20.7 Å². The monoisotopic (exact) mass is 366 g/mol. The van der Waals surface area contributed by atoms with E-state index < -0.39 is 29.2 Å². The minimum Gasteiger partial charge on any atom is -0.543 e. The number of amides is 1. The Balaban J connectivity index is 2.04. The van der Waals surface area contributed by atoms with Gasteiger partial charge in [0.2, 0.25) is 5.91 Å². The number of nitrogens with one attached hydrogen (secondary N) is 1. The van der Waals surface area contributed by atoms with Gasteiger partial charge in [0.15, 0.2) is 0 Å². The van der Waals surface area contributed by atoms with Gasteiger partial charge in [-0.25, -0.2) is 4.68 Å². The van der Waals surface area contributed by atoms with Crippen LogP contribution in [0.5, 0.6) is 5.75 Å². The standard InChI is InChI=1S/C19H17N3O5/c1-11(17(23)20-14-9-5-6-10-15(14)27-2)22-18(24)13-8-4-3-7-12(13)16(21-22)19(25)26/h3-11H,1-2H3,(H,20,23)(H,25,26)/p-1/t11-/m1/s1. The molecule has 138 valence electrons. The Labute approximate surface area is 154 Å². The summed E-state index contributed by atoms with van der Waals surface area (Å²) in [5.41, 5.74) is -0.550. The molecule has 1 heterocycles. The Morgan fingerprint density at radius 3 is 2.41 bits per heavy atom. The summed E-state index contributed by atoms with van der Waals surface area (Å²) in [6, 6.07) is 11.9. The van der Waals surface area contributed by atoms with Crippen molar-refractivity contribution in [1.82, 2.24) is 9.78 Å². The molecule has 1 aromatic heterocycles. The van der Waals surface area contributed by atoms with E-state index in [9.17, 15) is 19.5 Å². The molecule has 1 amide bonds. The fourth-order valence-corrected chi connectivity index (χ4v) is 2.72. The predicted octanol–water partition coefficient (Wildman–Crippen LogP) is 0.968. The van der Waals surface area contributed by atoms with E-state index in [1.807, 2.05) is 0 Å². The van der Waals surface area contributed by atoms with Crippen LogP contribution >= 0.6 is 0 Å². The number of rotatable bonds is 5. The van der Waals surface area contributed by atoms with Gasteiger partial charge in [0.1, 0.15) is 17.5 Å². The van der Waals surface area contributed by atoms with Crippen LogP contribution in [0.3, 0.4) is 0 Å². The highest BCUT2D eigenvalue weighted by atomic mass is 16.5. The number of carboxylic acid groups (broad SMARTS) is 1. The molecular weight excluding hydrogens is 350 g/mol. The number of aromatic carboxylic acids is 1. The zero-order chi connectivity index (χ0) is 19.6. The molecule has 0 aliphatic heterocycles. The maximum Gasteiger partial charge on any atom is 0.275 e. The van der Waals surface area contributed by atoms with Crippen molar-refractivity contribution in [3.63, 3.8) is 0 Å². The number of para-hydroxylation sites is 2. The van der Waals surface area contributed by atoms with Gasteiger partial charge in [0.05, 0.1) is 24.2 Å². The van der Waals surface area contributed by atoms with Crippen molar-refractivity contribution < 1.29 is 19.4 Å². The SMILES string of the molecule is COc1ccccc1NC(=O)[C@@H](C)n1nc(C(=O)[O-])c2ccccc2c1=O. The van der Waals surface area contributed by atoms with E-state index in [1.54, 1.807) is 36.4 Å². The molecule has 0 saturated carbocycles. The number of methoxy groups -OCH3 is 1. The normalized spacial score (nSPS) is 11.8.